The maximum absolute atomic E-state index is 11.7. The molecule has 2 heterocycles. The topological polar surface area (TPSA) is 49.3 Å². The first-order valence-electron chi connectivity index (χ1n) is 8.52. The van der Waals surface area contributed by atoms with Crippen LogP contribution in [-0.4, -0.2) is 47.2 Å². The summed E-state index contributed by atoms with van der Waals surface area (Å²) in [7, 11) is 0. The van der Waals surface area contributed by atoms with Crippen molar-refractivity contribution in [1.29, 1.82) is 0 Å². The lowest BCUT2D eigenvalue weighted by Crippen LogP contribution is -2.48. The van der Waals surface area contributed by atoms with Gasteiger partial charge in [-0.3, -0.25) is 4.79 Å². The van der Waals surface area contributed by atoms with Gasteiger partial charge in [-0.25, -0.2) is 0 Å². The molecule has 0 bridgehead atoms. The van der Waals surface area contributed by atoms with Gasteiger partial charge in [0, 0.05) is 38.2 Å². The molecule has 1 aromatic heterocycles. The molecule has 2 aromatic rings. The smallest absolute Gasteiger partial charge is 0.222 e. The Balaban J connectivity index is 1.69. The lowest BCUT2D eigenvalue weighted by molar-refractivity contribution is -0.131. The fraction of sp³-hybridized carbons (Fsp3) is 0.421. The Kier molecular flexibility index (Phi) is 4.79. The van der Waals surface area contributed by atoms with E-state index in [-0.39, 0.29) is 5.91 Å². The van der Waals surface area contributed by atoms with Crippen LogP contribution in [0.2, 0.25) is 0 Å². The van der Waals surface area contributed by atoms with Crippen LogP contribution in [0, 0.1) is 13.8 Å². The molecule has 0 aliphatic carbocycles. The molecule has 3 rings (SSSR count). The van der Waals surface area contributed by atoms with Crippen LogP contribution in [0.15, 0.2) is 30.3 Å². The van der Waals surface area contributed by atoms with Crippen LogP contribution < -0.4 is 4.90 Å². The third kappa shape index (κ3) is 3.40. The Bertz CT molecular complexity index is 719. The molecule has 0 atom stereocenters. The molecule has 1 saturated heterocycles. The minimum atomic E-state index is 0.228. The van der Waals surface area contributed by atoms with Crippen LogP contribution in [0.5, 0.6) is 0 Å². The Morgan fingerprint density at radius 1 is 1.00 bits per heavy atom. The second-order valence-electron chi connectivity index (χ2n) is 6.30. The number of aromatic nitrogens is 2. The van der Waals surface area contributed by atoms with Crippen LogP contribution >= 0.6 is 0 Å². The van der Waals surface area contributed by atoms with E-state index in [1.54, 1.807) is 0 Å². The van der Waals surface area contributed by atoms with Crippen molar-refractivity contribution in [3.8, 4) is 11.3 Å². The summed E-state index contributed by atoms with van der Waals surface area (Å²) in [5.41, 5.74) is 4.52. The van der Waals surface area contributed by atoms with E-state index in [1.807, 2.05) is 24.0 Å². The SMILES string of the molecule is CCC(=O)N1CCN(c2ccc(-c3ccc(C)c(C)c3)nn2)CC1. The van der Waals surface area contributed by atoms with Crippen molar-refractivity contribution in [3.05, 3.63) is 41.5 Å². The second-order valence-corrected chi connectivity index (χ2v) is 6.30. The molecule has 0 saturated carbocycles. The van der Waals surface area contributed by atoms with E-state index in [4.69, 9.17) is 0 Å². The maximum Gasteiger partial charge on any atom is 0.222 e. The van der Waals surface area contributed by atoms with E-state index in [1.165, 1.54) is 11.1 Å². The number of hydrogen-bond acceptors (Lipinski definition) is 4. The zero-order chi connectivity index (χ0) is 17.1. The van der Waals surface area contributed by atoms with Crippen molar-refractivity contribution in [1.82, 2.24) is 15.1 Å². The number of rotatable bonds is 3. The molecule has 1 amide bonds. The van der Waals surface area contributed by atoms with Gasteiger partial charge >= 0.3 is 0 Å². The van der Waals surface area contributed by atoms with Gasteiger partial charge in [-0.15, -0.1) is 10.2 Å². The third-order valence-corrected chi connectivity index (χ3v) is 4.71. The van der Waals surface area contributed by atoms with Crippen molar-refractivity contribution < 1.29 is 4.79 Å². The van der Waals surface area contributed by atoms with Gasteiger partial charge in [0.2, 0.25) is 5.91 Å². The van der Waals surface area contributed by atoms with E-state index in [9.17, 15) is 4.79 Å². The average Bonchev–Trinajstić information content (AvgIpc) is 2.63. The molecular weight excluding hydrogens is 300 g/mol. The highest BCUT2D eigenvalue weighted by Crippen LogP contribution is 2.21. The monoisotopic (exact) mass is 324 g/mol. The van der Waals surface area contributed by atoms with Gasteiger partial charge in [-0.05, 0) is 43.2 Å². The highest BCUT2D eigenvalue weighted by atomic mass is 16.2. The fourth-order valence-electron chi connectivity index (χ4n) is 2.96. The van der Waals surface area contributed by atoms with Crippen molar-refractivity contribution in [2.75, 3.05) is 31.1 Å². The predicted octanol–water partition coefficient (Wildman–Crippen LogP) is 2.82. The molecule has 5 nitrogen and oxygen atoms in total. The summed E-state index contributed by atoms with van der Waals surface area (Å²) in [6, 6.07) is 10.4. The van der Waals surface area contributed by atoms with Gasteiger partial charge < -0.3 is 9.80 Å². The molecule has 1 fully saturated rings. The zero-order valence-corrected chi connectivity index (χ0v) is 14.6. The molecule has 0 unspecified atom stereocenters. The Hall–Kier alpha value is -2.43. The van der Waals surface area contributed by atoms with E-state index in [0.717, 1.165) is 43.3 Å². The summed E-state index contributed by atoms with van der Waals surface area (Å²) < 4.78 is 0. The highest BCUT2D eigenvalue weighted by molar-refractivity contribution is 5.76. The number of carbonyl (C=O) groups excluding carboxylic acids is 1. The van der Waals surface area contributed by atoms with Gasteiger partial charge in [0.1, 0.15) is 0 Å². The van der Waals surface area contributed by atoms with Crippen LogP contribution in [0.1, 0.15) is 24.5 Å². The fourth-order valence-corrected chi connectivity index (χ4v) is 2.96. The molecule has 0 radical (unpaired) electrons. The Morgan fingerprint density at radius 2 is 1.75 bits per heavy atom. The quantitative estimate of drug-likeness (QED) is 0.871. The van der Waals surface area contributed by atoms with E-state index < -0.39 is 0 Å². The number of nitrogens with zero attached hydrogens (tertiary/aromatic N) is 4. The first kappa shape index (κ1) is 16.4. The number of benzene rings is 1. The third-order valence-electron chi connectivity index (χ3n) is 4.71. The normalized spacial score (nSPS) is 14.8. The molecule has 24 heavy (non-hydrogen) atoms. The standard InChI is InChI=1S/C19H24N4O/c1-4-19(24)23-11-9-22(10-12-23)18-8-7-17(20-21-18)16-6-5-14(2)15(3)13-16/h5-8,13H,4,9-12H2,1-3H3. The average molecular weight is 324 g/mol. The van der Waals surface area contributed by atoms with E-state index in [2.05, 4.69) is 47.1 Å². The van der Waals surface area contributed by atoms with Gasteiger partial charge in [0.05, 0.1) is 5.69 Å². The summed E-state index contributed by atoms with van der Waals surface area (Å²) in [4.78, 5) is 15.9. The molecule has 5 heteroatoms. The maximum atomic E-state index is 11.7. The molecule has 0 N–H and O–H groups in total. The van der Waals surface area contributed by atoms with Crippen molar-refractivity contribution in [2.45, 2.75) is 27.2 Å². The summed E-state index contributed by atoms with van der Waals surface area (Å²) in [6.45, 7) is 9.26. The lowest BCUT2D eigenvalue weighted by Gasteiger charge is -2.35. The molecule has 0 spiro atoms. The first-order valence-corrected chi connectivity index (χ1v) is 8.52. The highest BCUT2D eigenvalue weighted by Gasteiger charge is 2.21. The second kappa shape index (κ2) is 6.99. The lowest BCUT2D eigenvalue weighted by atomic mass is 10.0. The summed E-state index contributed by atoms with van der Waals surface area (Å²) in [5, 5.41) is 8.79. The molecular formula is C19H24N4O. The number of hydrogen-bond donors (Lipinski definition) is 0. The Labute approximate surface area is 143 Å². The Morgan fingerprint density at radius 3 is 2.33 bits per heavy atom. The van der Waals surface area contributed by atoms with Crippen LogP contribution in [0.3, 0.4) is 0 Å². The van der Waals surface area contributed by atoms with E-state index >= 15 is 0 Å². The molecule has 1 aliphatic rings. The number of anilines is 1. The summed E-state index contributed by atoms with van der Waals surface area (Å²) in [6.07, 6.45) is 0.574. The van der Waals surface area contributed by atoms with Gasteiger partial charge in [0.25, 0.3) is 0 Å². The number of carbonyl (C=O) groups is 1. The van der Waals surface area contributed by atoms with Crippen LogP contribution in [0.4, 0.5) is 5.82 Å². The minimum absolute atomic E-state index is 0.228. The molecule has 1 aliphatic heterocycles. The molecule has 1 aromatic carbocycles. The minimum Gasteiger partial charge on any atom is -0.352 e. The van der Waals surface area contributed by atoms with Gasteiger partial charge in [-0.1, -0.05) is 19.1 Å². The predicted molar refractivity (Wildman–Crippen MR) is 96.0 cm³/mol. The van der Waals surface area contributed by atoms with Crippen molar-refractivity contribution in [2.24, 2.45) is 0 Å². The van der Waals surface area contributed by atoms with Gasteiger partial charge in [-0.2, -0.15) is 0 Å². The van der Waals surface area contributed by atoms with Crippen LogP contribution in [0.25, 0.3) is 11.3 Å². The van der Waals surface area contributed by atoms with Crippen LogP contribution in [-0.2, 0) is 4.79 Å². The van der Waals surface area contributed by atoms with Gasteiger partial charge in [0.15, 0.2) is 5.82 Å². The number of piperazine rings is 1. The molecule has 126 valence electrons. The zero-order valence-electron chi connectivity index (χ0n) is 14.6. The number of amides is 1. The largest absolute Gasteiger partial charge is 0.352 e. The summed E-state index contributed by atoms with van der Waals surface area (Å²) in [5.74, 6) is 1.11. The van der Waals surface area contributed by atoms with Crippen molar-refractivity contribution in [3.63, 3.8) is 0 Å². The number of aryl methyl sites for hydroxylation is 2. The van der Waals surface area contributed by atoms with Crippen molar-refractivity contribution >= 4 is 11.7 Å². The summed E-state index contributed by atoms with van der Waals surface area (Å²) >= 11 is 0. The first-order chi connectivity index (χ1) is 11.6. The van der Waals surface area contributed by atoms with E-state index in [0.29, 0.717) is 6.42 Å².